The Balaban J connectivity index is 2.03. The zero-order valence-corrected chi connectivity index (χ0v) is 11.7. The van der Waals surface area contributed by atoms with Gasteiger partial charge in [0, 0.05) is 31.7 Å². The summed E-state index contributed by atoms with van der Waals surface area (Å²) >= 11 is 0. The predicted molar refractivity (Wildman–Crippen MR) is 75.8 cm³/mol. The average Bonchev–Trinajstić information content (AvgIpc) is 2.71. The number of rotatable bonds is 3. The first-order valence-electron chi connectivity index (χ1n) is 6.84. The van der Waals surface area contributed by atoms with Gasteiger partial charge in [-0.25, -0.2) is 0 Å². The highest BCUT2D eigenvalue weighted by atomic mass is 16.4. The molecule has 1 fully saturated rings. The van der Waals surface area contributed by atoms with Crippen LogP contribution in [-0.4, -0.2) is 59.5 Å². The SMILES string of the molecule is N#Cc1cccc(C(=O)N2CCCN(CC(=O)O)CC2)c1. The lowest BCUT2D eigenvalue weighted by Gasteiger charge is -2.21. The van der Waals surface area contributed by atoms with E-state index in [9.17, 15) is 9.59 Å². The highest BCUT2D eigenvalue weighted by Gasteiger charge is 2.21. The number of carbonyl (C=O) groups is 2. The van der Waals surface area contributed by atoms with Gasteiger partial charge in [-0.2, -0.15) is 5.26 Å². The van der Waals surface area contributed by atoms with Gasteiger partial charge in [0.05, 0.1) is 18.2 Å². The Kier molecular flexibility index (Phi) is 4.90. The van der Waals surface area contributed by atoms with Crippen molar-refractivity contribution < 1.29 is 14.7 Å². The van der Waals surface area contributed by atoms with E-state index in [1.807, 2.05) is 11.0 Å². The molecule has 6 nitrogen and oxygen atoms in total. The van der Waals surface area contributed by atoms with Crippen molar-refractivity contribution >= 4 is 11.9 Å². The summed E-state index contributed by atoms with van der Waals surface area (Å²) in [6.45, 7) is 2.34. The maximum atomic E-state index is 12.4. The number of nitrogens with zero attached hydrogens (tertiary/aromatic N) is 3. The minimum Gasteiger partial charge on any atom is -0.480 e. The number of aliphatic carboxylic acids is 1. The number of benzene rings is 1. The fourth-order valence-electron chi connectivity index (χ4n) is 2.43. The maximum absolute atomic E-state index is 12.4. The minimum absolute atomic E-state index is 0.00590. The van der Waals surface area contributed by atoms with Crippen LogP contribution in [0.15, 0.2) is 24.3 Å². The van der Waals surface area contributed by atoms with Crippen LogP contribution in [0.3, 0.4) is 0 Å². The van der Waals surface area contributed by atoms with Crippen LogP contribution < -0.4 is 0 Å². The minimum atomic E-state index is -0.850. The van der Waals surface area contributed by atoms with Gasteiger partial charge < -0.3 is 10.0 Å². The summed E-state index contributed by atoms with van der Waals surface area (Å²) in [7, 11) is 0. The van der Waals surface area contributed by atoms with Gasteiger partial charge in [-0.05, 0) is 24.6 Å². The van der Waals surface area contributed by atoms with Crippen LogP contribution in [0.2, 0.25) is 0 Å². The number of carbonyl (C=O) groups excluding carboxylic acids is 1. The van der Waals surface area contributed by atoms with Crippen LogP contribution in [0.25, 0.3) is 0 Å². The number of amides is 1. The summed E-state index contributed by atoms with van der Waals surface area (Å²) in [6, 6.07) is 8.66. The lowest BCUT2D eigenvalue weighted by molar-refractivity contribution is -0.138. The smallest absolute Gasteiger partial charge is 0.317 e. The van der Waals surface area contributed by atoms with Gasteiger partial charge in [-0.1, -0.05) is 6.07 Å². The first-order valence-corrected chi connectivity index (χ1v) is 6.84. The quantitative estimate of drug-likeness (QED) is 0.888. The van der Waals surface area contributed by atoms with Gasteiger partial charge in [-0.15, -0.1) is 0 Å². The fourth-order valence-corrected chi connectivity index (χ4v) is 2.43. The molecular weight excluding hydrogens is 270 g/mol. The van der Waals surface area contributed by atoms with Crippen LogP contribution in [-0.2, 0) is 4.79 Å². The second-order valence-corrected chi connectivity index (χ2v) is 5.01. The largest absolute Gasteiger partial charge is 0.480 e. The Labute approximate surface area is 123 Å². The third-order valence-corrected chi connectivity index (χ3v) is 3.47. The van der Waals surface area contributed by atoms with Crippen molar-refractivity contribution in [3.63, 3.8) is 0 Å². The molecule has 0 radical (unpaired) electrons. The molecule has 110 valence electrons. The number of carboxylic acids is 1. The molecule has 2 rings (SSSR count). The van der Waals surface area contributed by atoms with Crippen molar-refractivity contribution in [2.75, 3.05) is 32.7 Å². The van der Waals surface area contributed by atoms with Gasteiger partial charge >= 0.3 is 5.97 Å². The molecule has 21 heavy (non-hydrogen) atoms. The van der Waals surface area contributed by atoms with Gasteiger partial charge in [0.2, 0.25) is 0 Å². The Morgan fingerprint density at radius 2 is 2.05 bits per heavy atom. The number of nitriles is 1. The molecule has 1 N–H and O–H groups in total. The fraction of sp³-hybridized carbons (Fsp3) is 0.400. The first kappa shape index (κ1) is 15.0. The van der Waals surface area contributed by atoms with E-state index in [2.05, 4.69) is 0 Å². The van der Waals surface area contributed by atoms with Crippen LogP contribution in [0, 0.1) is 11.3 Å². The van der Waals surface area contributed by atoms with Crippen LogP contribution in [0.5, 0.6) is 0 Å². The van der Waals surface area contributed by atoms with E-state index in [4.69, 9.17) is 10.4 Å². The van der Waals surface area contributed by atoms with E-state index in [-0.39, 0.29) is 12.5 Å². The molecular formula is C15H17N3O3. The van der Waals surface area contributed by atoms with E-state index >= 15 is 0 Å². The van der Waals surface area contributed by atoms with Crippen molar-refractivity contribution in [3.8, 4) is 6.07 Å². The maximum Gasteiger partial charge on any atom is 0.317 e. The van der Waals surface area contributed by atoms with E-state index in [1.165, 1.54) is 0 Å². The molecule has 1 amide bonds. The van der Waals surface area contributed by atoms with Gasteiger partial charge in [-0.3, -0.25) is 14.5 Å². The van der Waals surface area contributed by atoms with E-state index in [0.717, 1.165) is 6.42 Å². The molecule has 0 spiro atoms. The second-order valence-electron chi connectivity index (χ2n) is 5.01. The van der Waals surface area contributed by atoms with Crippen molar-refractivity contribution in [3.05, 3.63) is 35.4 Å². The normalized spacial score (nSPS) is 16.0. The van der Waals surface area contributed by atoms with Crippen molar-refractivity contribution in [1.29, 1.82) is 5.26 Å². The lowest BCUT2D eigenvalue weighted by Crippen LogP contribution is -2.36. The zero-order valence-electron chi connectivity index (χ0n) is 11.7. The zero-order chi connectivity index (χ0) is 15.2. The Bertz CT molecular complexity index is 580. The summed E-state index contributed by atoms with van der Waals surface area (Å²) in [5.41, 5.74) is 0.962. The molecule has 1 aromatic rings. The van der Waals surface area contributed by atoms with E-state index in [0.29, 0.717) is 37.3 Å². The molecule has 0 bridgehead atoms. The number of hydrogen-bond acceptors (Lipinski definition) is 4. The van der Waals surface area contributed by atoms with Crippen LogP contribution in [0.1, 0.15) is 22.3 Å². The molecule has 0 saturated carbocycles. The van der Waals surface area contributed by atoms with E-state index in [1.54, 1.807) is 29.2 Å². The monoisotopic (exact) mass is 287 g/mol. The molecule has 0 atom stereocenters. The van der Waals surface area contributed by atoms with Crippen molar-refractivity contribution in [1.82, 2.24) is 9.80 Å². The van der Waals surface area contributed by atoms with Crippen molar-refractivity contribution in [2.45, 2.75) is 6.42 Å². The van der Waals surface area contributed by atoms with Gasteiger partial charge in [0.1, 0.15) is 0 Å². The molecule has 1 saturated heterocycles. The van der Waals surface area contributed by atoms with Crippen LogP contribution >= 0.6 is 0 Å². The highest BCUT2D eigenvalue weighted by molar-refractivity contribution is 5.94. The molecule has 0 aromatic heterocycles. The average molecular weight is 287 g/mol. The summed E-state index contributed by atoms with van der Waals surface area (Å²) in [5.74, 6) is -0.958. The molecule has 1 aliphatic rings. The van der Waals surface area contributed by atoms with E-state index < -0.39 is 5.97 Å². The molecule has 1 aliphatic heterocycles. The highest BCUT2D eigenvalue weighted by Crippen LogP contribution is 2.11. The van der Waals surface area contributed by atoms with Gasteiger partial charge in [0.25, 0.3) is 5.91 Å². The van der Waals surface area contributed by atoms with Gasteiger partial charge in [0.15, 0.2) is 0 Å². The third-order valence-electron chi connectivity index (χ3n) is 3.47. The topological polar surface area (TPSA) is 84.6 Å². The standard InChI is InChI=1S/C15H17N3O3/c16-10-12-3-1-4-13(9-12)15(21)18-6-2-5-17(7-8-18)11-14(19)20/h1,3-4,9H,2,5-8,11H2,(H,19,20). The predicted octanol–water partition coefficient (Wildman–Crippen LogP) is 0.791. The second kappa shape index (κ2) is 6.86. The Hall–Kier alpha value is -2.39. The lowest BCUT2D eigenvalue weighted by atomic mass is 10.1. The molecule has 1 aromatic carbocycles. The third kappa shape index (κ3) is 4.04. The van der Waals surface area contributed by atoms with Crippen molar-refractivity contribution in [2.24, 2.45) is 0 Å². The summed E-state index contributed by atoms with van der Waals surface area (Å²) in [6.07, 6.45) is 0.747. The first-order chi connectivity index (χ1) is 10.1. The molecule has 0 aliphatic carbocycles. The molecule has 1 heterocycles. The Morgan fingerprint density at radius 1 is 1.24 bits per heavy atom. The number of carboxylic acid groups (broad SMARTS) is 1. The molecule has 6 heteroatoms. The Morgan fingerprint density at radius 3 is 2.76 bits per heavy atom. The summed E-state index contributed by atoms with van der Waals surface area (Å²) in [4.78, 5) is 26.7. The summed E-state index contributed by atoms with van der Waals surface area (Å²) in [5, 5.41) is 17.7. The number of hydrogen-bond donors (Lipinski definition) is 1. The van der Waals surface area contributed by atoms with Crippen LogP contribution in [0.4, 0.5) is 0 Å². The molecule has 0 unspecified atom stereocenters. The summed E-state index contributed by atoms with van der Waals surface area (Å²) < 4.78 is 0.